The maximum atomic E-state index is 12.4. The van der Waals surface area contributed by atoms with Crippen LogP contribution in [0, 0.1) is 13.8 Å². The molecule has 3 heterocycles. The highest BCUT2D eigenvalue weighted by Crippen LogP contribution is 2.21. The number of aromatic nitrogens is 2. The van der Waals surface area contributed by atoms with Crippen molar-refractivity contribution < 1.29 is 9.53 Å². The standard InChI is InChI=1S/C15H17N3O2S/c1-10-7-11(2)17-14(16-10)13-8-18(4-5-20-13)15(19)12-3-6-21-9-12/h3,6-7,9,13H,4-5,8H2,1-2H3. The Morgan fingerprint density at radius 1 is 1.38 bits per heavy atom. The van der Waals surface area contributed by atoms with E-state index >= 15 is 0 Å². The molecule has 2 aromatic heterocycles. The molecule has 1 amide bonds. The van der Waals surface area contributed by atoms with E-state index in [0.29, 0.717) is 25.5 Å². The first-order valence-electron chi connectivity index (χ1n) is 6.89. The lowest BCUT2D eigenvalue weighted by atomic mass is 10.2. The Kier molecular flexibility index (Phi) is 3.98. The molecule has 1 aliphatic rings. The van der Waals surface area contributed by atoms with Gasteiger partial charge < -0.3 is 9.64 Å². The maximum absolute atomic E-state index is 12.4. The number of hydrogen-bond donors (Lipinski definition) is 0. The largest absolute Gasteiger partial charge is 0.367 e. The highest BCUT2D eigenvalue weighted by Gasteiger charge is 2.28. The lowest BCUT2D eigenvalue weighted by Crippen LogP contribution is -2.42. The van der Waals surface area contributed by atoms with E-state index < -0.39 is 0 Å². The zero-order valence-corrected chi connectivity index (χ0v) is 12.9. The quantitative estimate of drug-likeness (QED) is 0.854. The van der Waals surface area contributed by atoms with Crippen molar-refractivity contribution >= 4 is 17.2 Å². The molecule has 1 atom stereocenters. The van der Waals surface area contributed by atoms with E-state index in [1.165, 1.54) is 11.3 Å². The van der Waals surface area contributed by atoms with Crippen LogP contribution >= 0.6 is 11.3 Å². The Labute approximate surface area is 127 Å². The number of carbonyl (C=O) groups excluding carboxylic acids is 1. The first-order chi connectivity index (χ1) is 10.1. The summed E-state index contributed by atoms with van der Waals surface area (Å²) in [7, 11) is 0. The summed E-state index contributed by atoms with van der Waals surface area (Å²) in [5.41, 5.74) is 2.58. The van der Waals surface area contributed by atoms with Crippen LogP contribution in [0.2, 0.25) is 0 Å². The third-order valence-corrected chi connectivity index (χ3v) is 4.09. The van der Waals surface area contributed by atoms with Crippen molar-refractivity contribution in [2.75, 3.05) is 19.7 Å². The molecule has 0 spiro atoms. The van der Waals surface area contributed by atoms with Crippen LogP contribution in [0.15, 0.2) is 22.9 Å². The fourth-order valence-electron chi connectivity index (χ4n) is 2.46. The fraction of sp³-hybridized carbons (Fsp3) is 0.400. The summed E-state index contributed by atoms with van der Waals surface area (Å²) in [6.45, 7) is 5.50. The number of amides is 1. The second-order valence-electron chi connectivity index (χ2n) is 5.13. The number of aryl methyl sites for hydroxylation is 2. The van der Waals surface area contributed by atoms with Gasteiger partial charge in [0.05, 0.1) is 18.7 Å². The molecular formula is C15H17N3O2S. The van der Waals surface area contributed by atoms with E-state index in [1.807, 2.05) is 41.6 Å². The summed E-state index contributed by atoms with van der Waals surface area (Å²) in [6.07, 6.45) is -0.250. The van der Waals surface area contributed by atoms with Crippen LogP contribution < -0.4 is 0 Å². The maximum Gasteiger partial charge on any atom is 0.254 e. The first-order valence-corrected chi connectivity index (χ1v) is 7.83. The van der Waals surface area contributed by atoms with Gasteiger partial charge in [0.25, 0.3) is 5.91 Å². The molecule has 5 nitrogen and oxygen atoms in total. The van der Waals surface area contributed by atoms with Gasteiger partial charge in [0.1, 0.15) is 6.10 Å². The van der Waals surface area contributed by atoms with Crippen molar-refractivity contribution in [2.45, 2.75) is 20.0 Å². The van der Waals surface area contributed by atoms with Crippen LogP contribution in [0.3, 0.4) is 0 Å². The van der Waals surface area contributed by atoms with Crippen molar-refractivity contribution in [3.63, 3.8) is 0 Å². The summed E-state index contributed by atoms with van der Waals surface area (Å²) < 4.78 is 5.76. The average Bonchev–Trinajstić information content (AvgIpc) is 3.00. The number of ether oxygens (including phenoxy) is 1. The summed E-state index contributed by atoms with van der Waals surface area (Å²) in [6, 6.07) is 3.78. The molecule has 0 radical (unpaired) electrons. The van der Waals surface area contributed by atoms with Crippen molar-refractivity contribution in [1.29, 1.82) is 0 Å². The predicted molar refractivity (Wildman–Crippen MR) is 80.4 cm³/mol. The average molecular weight is 303 g/mol. The summed E-state index contributed by atoms with van der Waals surface area (Å²) in [5.74, 6) is 0.712. The van der Waals surface area contributed by atoms with Gasteiger partial charge in [-0.1, -0.05) is 0 Å². The van der Waals surface area contributed by atoms with Crippen LogP contribution in [-0.4, -0.2) is 40.5 Å². The van der Waals surface area contributed by atoms with Gasteiger partial charge in [0, 0.05) is 23.3 Å². The van der Waals surface area contributed by atoms with E-state index in [-0.39, 0.29) is 12.0 Å². The van der Waals surface area contributed by atoms with Crippen LogP contribution in [-0.2, 0) is 4.74 Å². The lowest BCUT2D eigenvalue weighted by Gasteiger charge is -2.32. The zero-order chi connectivity index (χ0) is 14.8. The van der Waals surface area contributed by atoms with Crippen molar-refractivity contribution in [1.82, 2.24) is 14.9 Å². The minimum absolute atomic E-state index is 0.0499. The molecule has 0 saturated carbocycles. The van der Waals surface area contributed by atoms with Gasteiger partial charge in [-0.15, -0.1) is 0 Å². The molecule has 2 aromatic rings. The van der Waals surface area contributed by atoms with E-state index in [2.05, 4.69) is 9.97 Å². The van der Waals surface area contributed by atoms with Crippen molar-refractivity contribution in [3.05, 3.63) is 45.7 Å². The number of morpholine rings is 1. The Morgan fingerprint density at radius 2 is 2.14 bits per heavy atom. The van der Waals surface area contributed by atoms with Gasteiger partial charge in [0.15, 0.2) is 5.82 Å². The Morgan fingerprint density at radius 3 is 2.81 bits per heavy atom. The van der Waals surface area contributed by atoms with E-state index in [4.69, 9.17) is 4.74 Å². The normalized spacial score (nSPS) is 18.8. The van der Waals surface area contributed by atoms with Gasteiger partial charge in [0.2, 0.25) is 0 Å². The second-order valence-corrected chi connectivity index (χ2v) is 5.91. The topological polar surface area (TPSA) is 55.3 Å². The Hall–Kier alpha value is -1.79. The molecule has 110 valence electrons. The fourth-order valence-corrected chi connectivity index (χ4v) is 3.09. The third-order valence-electron chi connectivity index (χ3n) is 3.41. The lowest BCUT2D eigenvalue weighted by molar-refractivity contribution is -0.0269. The number of carbonyl (C=O) groups is 1. The summed E-state index contributed by atoms with van der Waals surface area (Å²) in [4.78, 5) is 23.1. The molecule has 21 heavy (non-hydrogen) atoms. The van der Waals surface area contributed by atoms with Gasteiger partial charge >= 0.3 is 0 Å². The van der Waals surface area contributed by atoms with Gasteiger partial charge in [-0.3, -0.25) is 4.79 Å². The smallest absolute Gasteiger partial charge is 0.254 e. The monoisotopic (exact) mass is 303 g/mol. The second kappa shape index (κ2) is 5.91. The summed E-state index contributed by atoms with van der Waals surface area (Å²) >= 11 is 1.53. The minimum atomic E-state index is -0.250. The highest BCUT2D eigenvalue weighted by atomic mass is 32.1. The Bertz CT molecular complexity index is 622. The molecule has 0 aliphatic carbocycles. The Balaban J connectivity index is 1.78. The number of hydrogen-bond acceptors (Lipinski definition) is 5. The van der Waals surface area contributed by atoms with Crippen LogP contribution in [0.1, 0.15) is 33.7 Å². The molecule has 3 rings (SSSR count). The first kappa shape index (κ1) is 14.2. The van der Waals surface area contributed by atoms with Gasteiger partial charge in [-0.2, -0.15) is 11.3 Å². The van der Waals surface area contributed by atoms with Crippen molar-refractivity contribution in [3.8, 4) is 0 Å². The number of nitrogens with zero attached hydrogens (tertiary/aromatic N) is 3. The minimum Gasteiger partial charge on any atom is -0.367 e. The van der Waals surface area contributed by atoms with E-state index in [0.717, 1.165) is 17.0 Å². The molecule has 0 aromatic carbocycles. The molecular weight excluding hydrogens is 286 g/mol. The molecule has 0 bridgehead atoms. The molecule has 1 fully saturated rings. The van der Waals surface area contributed by atoms with Crippen LogP contribution in [0.4, 0.5) is 0 Å². The van der Waals surface area contributed by atoms with Gasteiger partial charge in [-0.25, -0.2) is 9.97 Å². The molecule has 1 unspecified atom stereocenters. The van der Waals surface area contributed by atoms with E-state index in [9.17, 15) is 4.79 Å². The van der Waals surface area contributed by atoms with Gasteiger partial charge in [-0.05, 0) is 31.4 Å². The molecule has 1 saturated heterocycles. The predicted octanol–water partition coefficient (Wildman–Crippen LogP) is 2.37. The highest BCUT2D eigenvalue weighted by molar-refractivity contribution is 7.08. The third kappa shape index (κ3) is 3.11. The van der Waals surface area contributed by atoms with Crippen molar-refractivity contribution in [2.24, 2.45) is 0 Å². The SMILES string of the molecule is Cc1cc(C)nc(C2CN(C(=O)c3ccsc3)CCO2)n1. The molecule has 6 heteroatoms. The zero-order valence-electron chi connectivity index (χ0n) is 12.1. The molecule has 1 aliphatic heterocycles. The van der Waals surface area contributed by atoms with E-state index in [1.54, 1.807) is 0 Å². The number of thiophene rings is 1. The number of rotatable bonds is 2. The summed E-state index contributed by atoms with van der Waals surface area (Å²) in [5, 5.41) is 3.79. The van der Waals surface area contributed by atoms with Crippen LogP contribution in [0.5, 0.6) is 0 Å². The van der Waals surface area contributed by atoms with Crippen LogP contribution in [0.25, 0.3) is 0 Å². The molecule has 0 N–H and O–H groups in total.